The molecule has 9 aromatic rings. The highest BCUT2D eigenvalue weighted by atomic mass is 15.0. The molecular formula is C46H30N4. The highest BCUT2D eigenvalue weighted by Crippen LogP contribution is 2.41. The first kappa shape index (κ1) is 29.4. The molecule has 2 heterocycles. The van der Waals surface area contributed by atoms with Crippen molar-refractivity contribution in [3.8, 4) is 67.7 Å². The van der Waals surface area contributed by atoms with Crippen LogP contribution in [0.1, 0.15) is 0 Å². The van der Waals surface area contributed by atoms with E-state index >= 15 is 0 Å². The van der Waals surface area contributed by atoms with Gasteiger partial charge in [-0.25, -0.2) is 19.9 Å². The van der Waals surface area contributed by atoms with Crippen LogP contribution in [-0.4, -0.2) is 19.9 Å². The number of nitrogens with zero attached hydrogens (tertiary/aromatic N) is 4. The topological polar surface area (TPSA) is 51.6 Å². The van der Waals surface area contributed by atoms with Crippen LogP contribution in [0.2, 0.25) is 0 Å². The van der Waals surface area contributed by atoms with E-state index in [0.29, 0.717) is 17.5 Å². The third-order valence-corrected chi connectivity index (χ3v) is 9.12. The Morgan fingerprint density at radius 1 is 0.280 bits per heavy atom. The van der Waals surface area contributed by atoms with Gasteiger partial charge in [0, 0.05) is 27.6 Å². The molecule has 9 rings (SSSR count). The number of aromatic nitrogens is 4. The smallest absolute Gasteiger partial charge is 0.164 e. The minimum Gasteiger partial charge on any atom is -0.248 e. The van der Waals surface area contributed by atoms with Crippen LogP contribution >= 0.6 is 0 Å². The van der Waals surface area contributed by atoms with Crippen LogP contribution in [0.5, 0.6) is 0 Å². The van der Waals surface area contributed by atoms with Gasteiger partial charge in [-0.15, -0.1) is 0 Å². The molecule has 0 fully saturated rings. The normalized spacial score (nSPS) is 11.2. The number of pyridine rings is 1. The molecule has 0 N–H and O–H groups in total. The van der Waals surface area contributed by atoms with E-state index in [-0.39, 0.29) is 0 Å². The van der Waals surface area contributed by atoms with Crippen LogP contribution in [0.25, 0.3) is 89.4 Å². The van der Waals surface area contributed by atoms with E-state index in [2.05, 4.69) is 115 Å². The van der Waals surface area contributed by atoms with Gasteiger partial charge in [0.05, 0.1) is 11.2 Å². The summed E-state index contributed by atoms with van der Waals surface area (Å²) >= 11 is 0. The number of hydrogen-bond acceptors (Lipinski definition) is 4. The lowest BCUT2D eigenvalue weighted by atomic mass is 9.90. The lowest BCUT2D eigenvalue weighted by Gasteiger charge is -2.16. The van der Waals surface area contributed by atoms with E-state index < -0.39 is 0 Å². The van der Waals surface area contributed by atoms with Gasteiger partial charge >= 0.3 is 0 Å². The predicted molar refractivity (Wildman–Crippen MR) is 205 cm³/mol. The molecule has 0 aliphatic heterocycles. The molecular weight excluding hydrogens is 609 g/mol. The van der Waals surface area contributed by atoms with Crippen LogP contribution in [0, 0.1) is 0 Å². The molecule has 0 atom stereocenters. The SMILES string of the molecule is c1ccc(-c2cc(-c3ccccc3)c3c(cc(-c4ccc(-c5nc(-c6ccccc6)nc(-c6ccccc6)n5)cc4)c4ccccc43)n2)cc1. The number of rotatable bonds is 6. The monoisotopic (exact) mass is 638 g/mol. The minimum atomic E-state index is 0.634. The molecule has 7 aromatic carbocycles. The molecule has 0 bridgehead atoms. The van der Waals surface area contributed by atoms with E-state index in [1.54, 1.807) is 0 Å². The van der Waals surface area contributed by atoms with Crippen LogP contribution in [0.15, 0.2) is 182 Å². The summed E-state index contributed by atoms with van der Waals surface area (Å²) in [5.41, 5.74) is 10.4. The van der Waals surface area contributed by atoms with Crippen molar-refractivity contribution in [2.75, 3.05) is 0 Å². The molecule has 0 radical (unpaired) electrons. The average molecular weight is 639 g/mol. The Balaban J connectivity index is 1.21. The van der Waals surface area contributed by atoms with Crippen molar-refractivity contribution in [3.63, 3.8) is 0 Å². The first-order chi connectivity index (χ1) is 24.8. The Bertz CT molecular complexity index is 2550. The van der Waals surface area contributed by atoms with Gasteiger partial charge in [0.2, 0.25) is 0 Å². The molecule has 234 valence electrons. The van der Waals surface area contributed by atoms with Gasteiger partial charge in [0.25, 0.3) is 0 Å². The first-order valence-electron chi connectivity index (χ1n) is 16.7. The average Bonchev–Trinajstić information content (AvgIpc) is 3.21. The summed E-state index contributed by atoms with van der Waals surface area (Å²) in [6.45, 7) is 0. The number of benzene rings is 7. The molecule has 4 nitrogen and oxygen atoms in total. The van der Waals surface area contributed by atoms with E-state index in [9.17, 15) is 0 Å². The highest BCUT2D eigenvalue weighted by Gasteiger charge is 2.17. The summed E-state index contributed by atoms with van der Waals surface area (Å²) in [4.78, 5) is 20.0. The maximum atomic E-state index is 5.28. The molecule has 50 heavy (non-hydrogen) atoms. The fourth-order valence-electron chi connectivity index (χ4n) is 6.68. The second-order valence-corrected chi connectivity index (χ2v) is 12.3. The van der Waals surface area contributed by atoms with Crippen molar-refractivity contribution in [1.29, 1.82) is 0 Å². The summed E-state index contributed by atoms with van der Waals surface area (Å²) in [6.07, 6.45) is 0. The Kier molecular flexibility index (Phi) is 7.45. The zero-order valence-electron chi connectivity index (χ0n) is 27.1. The van der Waals surface area contributed by atoms with Crippen LogP contribution < -0.4 is 0 Å². The van der Waals surface area contributed by atoms with Crippen molar-refractivity contribution in [3.05, 3.63) is 182 Å². The maximum Gasteiger partial charge on any atom is 0.164 e. The minimum absolute atomic E-state index is 0.634. The van der Waals surface area contributed by atoms with E-state index in [0.717, 1.165) is 50.0 Å². The molecule has 2 aromatic heterocycles. The molecule has 0 amide bonds. The predicted octanol–water partition coefficient (Wildman–Crippen LogP) is 11.6. The van der Waals surface area contributed by atoms with Crippen molar-refractivity contribution < 1.29 is 0 Å². The summed E-state index contributed by atoms with van der Waals surface area (Å²) in [5, 5.41) is 3.50. The maximum absolute atomic E-state index is 5.28. The highest BCUT2D eigenvalue weighted by molar-refractivity contribution is 6.18. The Labute approximate surface area is 290 Å². The van der Waals surface area contributed by atoms with Crippen molar-refractivity contribution in [2.45, 2.75) is 0 Å². The fourth-order valence-corrected chi connectivity index (χ4v) is 6.68. The third kappa shape index (κ3) is 5.49. The van der Waals surface area contributed by atoms with Gasteiger partial charge in [0.1, 0.15) is 0 Å². The number of fused-ring (bicyclic) bond motifs is 3. The van der Waals surface area contributed by atoms with Gasteiger partial charge < -0.3 is 0 Å². The van der Waals surface area contributed by atoms with E-state index in [1.165, 1.54) is 21.9 Å². The lowest BCUT2D eigenvalue weighted by Crippen LogP contribution is -2.00. The second-order valence-electron chi connectivity index (χ2n) is 12.3. The molecule has 0 spiro atoms. The summed E-state index contributed by atoms with van der Waals surface area (Å²) in [5.74, 6) is 1.93. The van der Waals surface area contributed by atoms with Crippen molar-refractivity contribution >= 4 is 21.7 Å². The van der Waals surface area contributed by atoms with Crippen molar-refractivity contribution in [1.82, 2.24) is 19.9 Å². The zero-order chi connectivity index (χ0) is 33.3. The van der Waals surface area contributed by atoms with Gasteiger partial charge in [-0.2, -0.15) is 0 Å². The molecule has 0 saturated carbocycles. The first-order valence-corrected chi connectivity index (χ1v) is 16.7. The van der Waals surface area contributed by atoms with Crippen LogP contribution in [0.3, 0.4) is 0 Å². The van der Waals surface area contributed by atoms with Crippen molar-refractivity contribution in [2.24, 2.45) is 0 Å². The summed E-state index contributed by atoms with van der Waals surface area (Å²) < 4.78 is 0. The molecule has 0 aliphatic rings. The van der Waals surface area contributed by atoms with Gasteiger partial charge in [-0.05, 0) is 45.2 Å². The van der Waals surface area contributed by atoms with Crippen LogP contribution in [0.4, 0.5) is 0 Å². The quantitative estimate of drug-likeness (QED) is 0.170. The van der Waals surface area contributed by atoms with Crippen LogP contribution in [-0.2, 0) is 0 Å². The van der Waals surface area contributed by atoms with Gasteiger partial charge in [0.15, 0.2) is 17.5 Å². The van der Waals surface area contributed by atoms with Gasteiger partial charge in [-0.1, -0.05) is 170 Å². The third-order valence-electron chi connectivity index (χ3n) is 9.12. The largest absolute Gasteiger partial charge is 0.248 e. The zero-order valence-corrected chi connectivity index (χ0v) is 27.1. The Hall–Kier alpha value is -6.78. The fraction of sp³-hybridized carbons (Fsp3) is 0. The lowest BCUT2D eigenvalue weighted by molar-refractivity contribution is 1.07. The molecule has 0 saturated heterocycles. The number of hydrogen-bond donors (Lipinski definition) is 0. The van der Waals surface area contributed by atoms with E-state index in [4.69, 9.17) is 19.9 Å². The molecule has 0 unspecified atom stereocenters. The molecule has 0 aliphatic carbocycles. The van der Waals surface area contributed by atoms with E-state index in [1.807, 2.05) is 66.7 Å². The Morgan fingerprint density at radius 2 is 0.680 bits per heavy atom. The molecule has 4 heteroatoms. The Morgan fingerprint density at radius 3 is 1.22 bits per heavy atom. The summed E-state index contributed by atoms with van der Waals surface area (Å²) in [6, 6.07) is 62.8. The summed E-state index contributed by atoms with van der Waals surface area (Å²) in [7, 11) is 0. The van der Waals surface area contributed by atoms with Gasteiger partial charge in [-0.3, -0.25) is 0 Å². The second kappa shape index (κ2) is 12.7. The standard InChI is InChI=1S/C46H30N4/c1-5-15-31(16-6-1)40-30-41(33-17-7-2-8-18-33)47-42-29-39(37-23-13-14-24-38(37)43(40)42)32-25-27-36(28-26-32)46-49-44(34-19-9-3-10-20-34)48-45(50-46)35-21-11-4-12-22-35/h1-30H.